The highest BCUT2D eigenvalue weighted by molar-refractivity contribution is 7.12. The predicted molar refractivity (Wildman–Crippen MR) is 74.4 cm³/mol. The van der Waals surface area contributed by atoms with Crippen molar-refractivity contribution in [2.75, 3.05) is 5.32 Å². The van der Waals surface area contributed by atoms with Gasteiger partial charge in [0.25, 0.3) is 0 Å². The van der Waals surface area contributed by atoms with Crippen LogP contribution in [0.25, 0.3) is 0 Å². The van der Waals surface area contributed by atoms with Gasteiger partial charge in [0.1, 0.15) is 4.88 Å². The second-order valence-electron chi connectivity index (χ2n) is 3.98. The Hall–Kier alpha value is -1.81. The van der Waals surface area contributed by atoms with E-state index in [9.17, 15) is 4.79 Å². The normalized spacial score (nSPS) is 10.3. The third kappa shape index (κ3) is 2.90. The number of nitrogens with one attached hydrogen (secondary N) is 1. The summed E-state index contributed by atoms with van der Waals surface area (Å²) in [7, 11) is 0. The fraction of sp³-hybridized carbons (Fsp3) is 0.214. The summed E-state index contributed by atoms with van der Waals surface area (Å²) in [6.45, 7) is 2.66. The molecule has 1 aromatic heterocycles. The first-order chi connectivity index (χ1) is 8.70. The Morgan fingerprint density at radius 3 is 2.61 bits per heavy atom. The van der Waals surface area contributed by atoms with Crippen molar-refractivity contribution in [2.24, 2.45) is 0 Å². The second-order valence-corrected chi connectivity index (χ2v) is 4.90. The third-order valence-corrected chi connectivity index (χ3v) is 3.73. The van der Waals surface area contributed by atoms with E-state index in [0.29, 0.717) is 11.4 Å². The number of thiophene rings is 1. The number of carboxylic acid groups (broad SMARTS) is 1. The molecule has 2 aromatic rings. The predicted octanol–water partition coefficient (Wildman–Crippen LogP) is 3.62. The van der Waals surface area contributed by atoms with Crippen molar-refractivity contribution < 1.29 is 9.90 Å². The summed E-state index contributed by atoms with van der Waals surface area (Å²) in [5.74, 6) is -0.858. The average Bonchev–Trinajstić information content (AvgIpc) is 2.85. The smallest absolute Gasteiger partial charge is 0.346 e. The molecule has 0 saturated carbocycles. The fourth-order valence-corrected chi connectivity index (χ4v) is 2.48. The van der Waals surface area contributed by atoms with Crippen LogP contribution in [0, 0.1) is 0 Å². The molecule has 0 aliphatic heterocycles. The monoisotopic (exact) mass is 261 g/mol. The summed E-state index contributed by atoms with van der Waals surface area (Å²) in [4.78, 5) is 11.4. The van der Waals surface area contributed by atoms with Gasteiger partial charge in [-0.3, -0.25) is 0 Å². The minimum absolute atomic E-state index is 0.410. The number of benzene rings is 1. The Kier molecular flexibility index (Phi) is 3.99. The largest absolute Gasteiger partial charge is 0.477 e. The lowest BCUT2D eigenvalue weighted by Crippen LogP contribution is -2.03. The van der Waals surface area contributed by atoms with E-state index < -0.39 is 5.97 Å². The number of rotatable bonds is 5. The summed E-state index contributed by atoms with van der Waals surface area (Å²) in [5, 5.41) is 14.0. The topological polar surface area (TPSA) is 49.3 Å². The van der Waals surface area contributed by atoms with Crippen LogP contribution in [0.1, 0.15) is 27.7 Å². The lowest BCUT2D eigenvalue weighted by molar-refractivity contribution is 0.0701. The van der Waals surface area contributed by atoms with Crippen LogP contribution in [-0.2, 0) is 13.0 Å². The van der Waals surface area contributed by atoms with Gasteiger partial charge in [0.15, 0.2) is 0 Å². The van der Waals surface area contributed by atoms with Crippen molar-refractivity contribution in [3.63, 3.8) is 0 Å². The lowest BCUT2D eigenvalue weighted by Gasteiger charge is -2.06. The molecule has 0 fully saturated rings. The Bertz CT molecular complexity index is 531. The summed E-state index contributed by atoms with van der Waals surface area (Å²) in [6.07, 6.45) is 1.02. The molecule has 94 valence electrons. The summed E-state index contributed by atoms with van der Waals surface area (Å²) in [6, 6.07) is 10.0. The van der Waals surface area contributed by atoms with E-state index >= 15 is 0 Å². The number of hydrogen-bond donors (Lipinski definition) is 2. The standard InChI is InChI=1S/C14H15NO2S/c1-2-10-3-5-12(6-4-10)15-9-11-7-8-18-13(11)14(16)17/h3-8,15H,2,9H2,1H3,(H,16,17). The highest BCUT2D eigenvalue weighted by Crippen LogP contribution is 2.18. The zero-order chi connectivity index (χ0) is 13.0. The molecule has 0 aliphatic carbocycles. The molecular weight excluding hydrogens is 246 g/mol. The first kappa shape index (κ1) is 12.6. The van der Waals surface area contributed by atoms with Crippen LogP contribution < -0.4 is 5.32 Å². The number of carboxylic acids is 1. The van der Waals surface area contributed by atoms with Gasteiger partial charge >= 0.3 is 5.97 Å². The maximum Gasteiger partial charge on any atom is 0.346 e. The van der Waals surface area contributed by atoms with Gasteiger partial charge in [-0.15, -0.1) is 11.3 Å². The highest BCUT2D eigenvalue weighted by atomic mass is 32.1. The van der Waals surface area contributed by atoms with Crippen LogP contribution in [0.2, 0.25) is 0 Å². The van der Waals surface area contributed by atoms with Gasteiger partial charge in [0, 0.05) is 12.2 Å². The van der Waals surface area contributed by atoms with Crippen LogP contribution in [0.3, 0.4) is 0 Å². The number of anilines is 1. The molecule has 0 radical (unpaired) electrons. The molecule has 2 N–H and O–H groups in total. The van der Waals surface area contributed by atoms with Gasteiger partial charge in [-0.2, -0.15) is 0 Å². The van der Waals surface area contributed by atoms with E-state index in [-0.39, 0.29) is 0 Å². The maximum atomic E-state index is 11.0. The van der Waals surface area contributed by atoms with E-state index in [2.05, 4.69) is 24.4 Å². The number of carbonyl (C=O) groups is 1. The Balaban J connectivity index is 2.02. The van der Waals surface area contributed by atoms with Crippen molar-refractivity contribution in [3.8, 4) is 0 Å². The Morgan fingerprint density at radius 2 is 2.00 bits per heavy atom. The molecule has 3 nitrogen and oxygen atoms in total. The lowest BCUT2D eigenvalue weighted by atomic mass is 10.1. The van der Waals surface area contributed by atoms with Crippen LogP contribution in [-0.4, -0.2) is 11.1 Å². The molecule has 18 heavy (non-hydrogen) atoms. The van der Waals surface area contributed by atoms with Crippen molar-refractivity contribution in [1.82, 2.24) is 0 Å². The number of hydrogen-bond acceptors (Lipinski definition) is 3. The first-order valence-corrected chi connectivity index (χ1v) is 6.71. The van der Waals surface area contributed by atoms with E-state index in [0.717, 1.165) is 17.7 Å². The maximum absolute atomic E-state index is 11.0. The van der Waals surface area contributed by atoms with Crippen LogP contribution in [0.15, 0.2) is 35.7 Å². The number of aryl methyl sites for hydroxylation is 1. The zero-order valence-corrected chi connectivity index (χ0v) is 11.0. The summed E-state index contributed by atoms with van der Waals surface area (Å²) >= 11 is 1.26. The number of aromatic carboxylic acids is 1. The van der Waals surface area contributed by atoms with Crippen molar-refractivity contribution in [1.29, 1.82) is 0 Å². The quantitative estimate of drug-likeness (QED) is 0.864. The van der Waals surface area contributed by atoms with Crippen LogP contribution in [0.4, 0.5) is 5.69 Å². The van der Waals surface area contributed by atoms with Crippen molar-refractivity contribution >= 4 is 23.0 Å². The van der Waals surface area contributed by atoms with Gasteiger partial charge in [-0.25, -0.2) is 4.79 Å². The molecule has 0 saturated heterocycles. The summed E-state index contributed by atoms with van der Waals surface area (Å²) in [5.41, 5.74) is 3.13. The van der Waals surface area contributed by atoms with Crippen LogP contribution in [0.5, 0.6) is 0 Å². The second kappa shape index (κ2) is 5.69. The SMILES string of the molecule is CCc1ccc(NCc2ccsc2C(=O)O)cc1. The molecule has 0 aliphatic rings. The van der Waals surface area contributed by atoms with Gasteiger partial charge in [-0.1, -0.05) is 19.1 Å². The van der Waals surface area contributed by atoms with Gasteiger partial charge in [-0.05, 0) is 41.1 Å². The zero-order valence-electron chi connectivity index (χ0n) is 10.1. The van der Waals surface area contributed by atoms with Crippen molar-refractivity contribution in [2.45, 2.75) is 19.9 Å². The van der Waals surface area contributed by atoms with Crippen molar-refractivity contribution in [3.05, 3.63) is 51.7 Å². The molecule has 2 rings (SSSR count). The fourth-order valence-electron chi connectivity index (χ4n) is 1.72. The van der Waals surface area contributed by atoms with Gasteiger partial charge in [0.2, 0.25) is 0 Å². The molecular formula is C14H15NO2S. The molecule has 0 spiro atoms. The molecule has 0 bridgehead atoms. The van der Waals surface area contributed by atoms with E-state index in [1.54, 1.807) is 5.38 Å². The minimum atomic E-state index is -0.858. The van der Waals surface area contributed by atoms with Gasteiger partial charge < -0.3 is 10.4 Å². The molecule has 1 aromatic carbocycles. The van der Waals surface area contributed by atoms with E-state index in [4.69, 9.17) is 5.11 Å². The van der Waals surface area contributed by atoms with Gasteiger partial charge in [0.05, 0.1) is 0 Å². The molecule has 0 amide bonds. The molecule has 1 heterocycles. The highest BCUT2D eigenvalue weighted by Gasteiger charge is 2.10. The Labute approximate surface area is 110 Å². The van der Waals surface area contributed by atoms with E-state index in [1.165, 1.54) is 16.9 Å². The average molecular weight is 261 g/mol. The molecule has 0 unspecified atom stereocenters. The molecule has 4 heteroatoms. The first-order valence-electron chi connectivity index (χ1n) is 5.83. The van der Waals surface area contributed by atoms with Crippen LogP contribution >= 0.6 is 11.3 Å². The summed E-state index contributed by atoms with van der Waals surface area (Å²) < 4.78 is 0. The molecule has 0 atom stereocenters. The Morgan fingerprint density at radius 1 is 1.28 bits per heavy atom. The minimum Gasteiger partial charge on any atom is -0.477 e. The van der Waals surface area contributed by atoms with E-state index in [1.807, 2.05) is 18.2 Å². The third-order valence-electron chi connectivity index (χ3n) is 2.79.